The summed E-state index contributed by atoms with van der Waals surface area (Å²) >= 11 is 0. The zero-order chi connectivity index (χ0) is 24.1. The van der Waals surface area contributed by atoms with Crippen molar-refractivity contribution in [3.63, 3.8) is 0 Å². The first-order valence-corrected chi connectivity index (χ1v) is 11.8. The Hall–Kier alpha value is -2.67. The summed E-state index contributed by atoms with van der Waals surface area (Å²) in [6.45, 7) is 8.13. The fourth-order valence-electron chi connectivity index (χ4n) is 5.72. The third kappa shape index (κ3) is 3.40. The molecule has 0 atom stereocenters. The number of ether oxygens (including phenoxy) is 1. The van der Waals surface area contributed by atoms with Crippen molar-refractivity contribution in [2.24, 2.45) is 0 Å². The summed E-state index contributed by atoms with van der Waals surface area (Å²) in [4.78, 5) is 0. The first-order valence-electron chi connectivity index (χ1n) is 11.8. The molecule has 3 heterocycles. The molecule has 0 radical (unpaired) electrons. The van der Waals surface area contributed by atoms with Gasteiger partial charge in [0, 0.05) is 36.8 Å². The molecule has 2 aliphatic heterocycles. The van der Waals surface area contributed by atoms with Gasteiger partial charge >= 0.3 is 6.97 Å². The van der Waals surface area contributed by atoms with Crippen LogP contribution in [0.3, 0.4) is 0 Å². The summed E-state index contributed by atoms with van der Waals surface area (Å²) in [6, 6.07) is 7.67. The molecule has 1 N–H and O–H groups in total. The van der Waals surface area contributed by atoms with E-state index in [1.165, 1.54) is 8.96 Å². The molecule has 0 bridgehead atoms. The van der Waals surface area contributed by atoms with E-state index in [1.54, 1.807) is 0 Å². The number of benzene rings is 1. The van der Waals surface area contributed by atoms with Crippen molar-refractivity contribution in [3.8, 4) is 5.75 Å². The average Bonchev–Trinajstić information content (AvgIpc) is 3.19. The molecular weight excluding hydrogens is 421 g/mol. The van der Waals surface area contributed by atoms with Gasteiger partial charge in [0.1, 0.15) is 11.5 Å². The Morgan fingerprint density at radius 3 is 2.27 bits per heavy atom. The molecule has 176 valence electrons. The van der Waals surface area contributed by atoms with Crippen LogP contribution in [-0.2, 0) is 6.42 Å². The minimum atomic E-state index is -4.01. The predicted molar refractivity (Wildman–Crippen MR) is 130 cm³/mol. The smallest absolute Gasteiger partial charge is 0.494 e. The van der Waals surface area contributed by atoms with E-state index < -0.39 is 6.97 Å². The van der Waals surface area contributed by atoms with Gasteiger partial charge in [0.05, 0.1) is 12.2 Å². The van der Waals surface area contributed by atoms with E-state index in [0.717, 1.165) is 33.4 Å². The van der Waals surface area contributed by atoms with E-state index in [9.17, 15) is 0 Å². The van der Waals surface area contributed by atoms with Crippen molar-refractivity contribution in [1.29, 1.82) is 0 Å². The van der Waals surface area contributed by atoms with Gasteiger partial charge in [-0.1, -0.05) is 26.0 Å². The van der Waals surface area contributed by atoms with Crippen LogP contribution in [0.25, 0.3) is 5.57 Å². The zero-order valence-electron chi connectivity index (χ0n) is 20.4. The lowest BCUT2D eigenvalue weighted by Crippen LogP contribution is -2.51. The highest BCUT2D eigenvalue weighted by Crippen LogP contribution is 2.47. The Kier molecular flexibility index (Phi) is 6.12. The highest BCUT2D eigenvalue weighted by molar-refractivity contribution is 6.58. The van der Waals surface area contributed by atoms with Crippen LogP contribution < -0.4 is 4.74 Å². The molecule has 4 nitrogen and oxygen atoms in total. The molecular formula is C26H33BF2N2O2. The Morgan fingerprint density at radius 2 is 1.70 bits per heavy atom. The largest absolute Gasteiger partial charge is 0.737 e. The number of aromatic nitrogens is 1. The highest BCUT2D eigenvalue weighted by Gasteiger charge is 2.56. The summed E-state index contributed by atoms with van der Waals surface area (Å²) in [5, 5.41) is 8.98. The van der Waals surface area contributed by atoms with Gasteiger partial charge in [-0.05, 0) is 68.1 Å². The zero-order valence-corrected chi connectivity index (χ0v) is 20.4. The second-order valence-corrected chi connectivity index (χ2v) is 8.94. The van der Waals surface area contributed by atoms with Gasteiger partial charge in [-0.2, -0.15) is 0 Å². The topological polar surface area (TPSA) is 37.4 Å². The van der Waals surface area contributed by atoms with Crippen molar-refractivity contribution >= 4 is 18.3 Å². The van der Waals surface area contributed by atoms with Crippen LogP contribution in [0.2, 0.25) is 0 Å². The van der Waals surface area contributed by atoms with Crippen LogP contribution >= 0.6 is 0 Å². The van der Waals surface area contributed by atoms with Gasteiger partial charge in [0.25, 0.3) is 0 Å². The first-order chi connectivity index (χ1) is 15.7. The minimum Gasteiger partial charge on any atom is -0.494 e. The summed E-state index contributed by atoms with van der Waals surface area (Å²) < 4.78 is 40.8. The fourth-order valence-corrected chi connectivity index (χ4v) is 5.72. The van der Waals surface area contributed by atoms with E-state index in [0.29, 0.717) is 54.4 Å². The van der Waals surface area contributed by atoms with Crippen molar-refractivity contribution in [1.82, 2.24) is 4.48 Å². The number of halogens is 2. The SMILES string of the molecule is CCC1=C(C)C2=C(c3ccc(OCCCO)cc3)c3c(C)c(CC)c(C)n3[B-](F)(F)[N+]2=C1C. The molecule has 33 heavy (non-hydrogen) atoms. The molecule has 0 spiro atoms. The maximum absolute atomic E-state index is 16.2. The average molecular weight is 454 g/mol. The van der Waals surface area contributed by atoms with Gasteiger partial charge in [-0.3, -0.25) is 0 Å². The number of aliphatic hydroxyl groups excluding tert-OH is 1. The van der Waals surface area contributed by atoms with Crippen molar-refractivity contribution < 1.29 is 23.0 Å². The molecule has 7 heteroatoms. The molecule has 0 aliphatic carbocycles. The van der Waals surface area contributed by atoms with E-state index in [2.05, 4.69) is 0 Å². The van der Waals surface area contributed by atoms with Crippen LogP contribution in [0.15, 0.2) is 41.1 Å². The molecule has 0 amide bonds. The Labute approximate surface area is 195 Å². The number of hydrogen-bond donors (Lipinski definition) is 1. The van der Waals surface area contributed by atoms with Crippen LogP contribution in [-0.4, -0.2) is 40.0 Å². The molecule has 0 saturated carbocycles. The van der Waals surface area contributed by atoms with Crippen LogP contribution in [0.1, 0.15) is 68.6 Å². The van der Waals surface area contributed by atoms with Crippen LogP contribution in [0.5, 0.6) is 5.75 Å². The van der Waals surface area contributed by atoms with Crippen molar-refractivity contribution in [3.05, 3.63) is 69.2 Å². The first kappa shape index (κ1) is 23.5. The number of fused-ring (bicyclic) bond motifs is 2. The van der Waals surface area contributed by atoms with E-state index in [4.69, 9.17) is 9.84 Å². The molecule has 0 fully saturated rings. The third-order valence-corrected chi connectivity index (χ3v) is 7.21. The highest BCUT2D eigenvalue weighted by atomic mass is 19.2. The standard InChI is InChI=1S/C26H33BF2N2O2/c1-7-22-16(3)25-24(20-10-12-21(13-11-20)33-15-9-14-32)26-17(4)23(8-2)19(6)31(26)27(28,29)30(25)18(22)5/h10-13,32H,7-9,14-15H2,1-6H3. The lowest BCUT2D eigenvalue weighted by Gasteiger charge is -2.34. The fraction of sp³-hybridized carbons (Fsp3) is 0.423. The van der Waals surface area contributed by atoms with Crippen molar-refractivity contribution in [2.75, 3.05) is 13.2 Å². The van der Waals surface area contributed by atoms with E-state index in [1.807, 2.05) is 65.8 Å². The van der Waals surface area contributed by atoms with E-state index >= 15 is 8.63 Å². The third-order valence-electron chi connectivity index (χ3n) is 7.21. The van der Waals surface area contributed by atoms with Gasteiger partial charge in [0.15, 0.2) is 5.70 Å². The number of hydrogen-bond acceptors (Lipinski definition) is 2. The predicted octanol–water partition coefficient (Wildman–Crippen LogP) is 5.64. The van der Waals surface area contributed by atoms with Gasteiger partial charge < -0.3 is 27.4 Å². The van der Waals surface area contributed by atoms with Crippen molar-refractivity contribution in [2.45, 2.75) is 60.8 Å². The van der Waals surface area contributed by atoms with Crippen LogP contribution in [0.4, 0.5) is 8.63 Å². The lowest BCUT2D eigenvalue weighted by atomic mass is 9.83. The summed E-state index contributed by atoms with van der Waals surface area (Å²) in [7, 11) is 0. The molecule has 0 unspecified atom stereocenters. The van der Waals surface area contributed by atoms with E-state index in [-0.39, 0.29) is 6.61 Å². The Bertz CT molecular complexity index is 1200. The van der Waals surface area contributed by atoms with Gasteiger partial charge in [-0.25, -0.2) is 0 Å². The molecule has 1 aromatic heterocycles. The maximum atomic E-state index is 16.2. The summed E-state index contributed by atoms with van der Waals surface area (Å²) in [6.07, 6.45) is 1.98. The number of aliphatic hydroxyl groups is 1. The van der Waals surface area contributed by atoms with Gasteiger partial charge in [-0.15, -0.1) is 0 Å². The normalized spacial score (nSPS) is 17.1. The van der Waals surface area contributed by atoms with Gasteiger partial charge in [0.2, 0.25) is 0 Å². The second-order valence-electron chi connectivity index (χ2n) is 8.94. The number of allylic oxidation sites excluding steroid dienone is 2. The number of nitrogens with zero attached hydrogens (tertiary/aromatic N) is 2. The quantitative estimate of drug-likeness (QED) is 0.435. The lowest BCUT2D eigenvalue weighted by molar-refractivity contribution is -0.363. The summed E-state index contributed by atoms with van der Waals surface area (Å²) in [5.74, 6) is 0.702. The molecule has 1 aromatic carbocycles. The maximum Gasteiger partial charge on any atom is 0.737 e. The molecule has 4 rings (SSSR count). The molecule has 0 saturated heterocycles. The minimum absolute atomic E-state index is 0.0801. The molecule has 2 aliphatic rings. The molecule has 2 aromatic rings. The van der Waals surface area contributed by atoms with Crippen LogP contribution in [0, 0.1) is 13.8 Å². The Balaban J connectivity index is 2.01. The monoisotopic (exact) mass is 454 g/mol. The Morgan fingerprint density at radius 1 is 1.03 bits per heavy atom. The number of rotatable bonds is 7. The summed E-state index contributed by atoms with van der Waals surface area (Å²) in [5.41, 5.74) is 8.12. The second kappa shape index (κ2) is 8.60.